The number of hydrogen-bond donors (Lipinski definition) is 2. The van der Waals surface area contributed by atoms with Crippen molar-refractivity contribution >= 4 is 5.91 Å². The van der Waals surface area contributed by atoms with Gasteiger partial charge >= 0.3 is 0 Å². The second-order valence-corrected chi connectivity index (χ2v) is 4.24. The normalized spacial score (nSPS) is 19.9. The molecule has 0 saturated carbocycles. The Morgan fingerprint density at radius 2 is 2.18 bits per heavy atom. The average Bonchev–Trinajstić information content (AvgIpc) is 2.41. The third-order valence-electron chi connectivity index (χ3n) is 2.88. The number of hydrogen-bond acceptors (Lipinski definition) is 3. The third kappa shape index (κ3) is 3.84. The van der Waals surface area contributed by atoms with Crippen LogP contribution in [0.15, 0.2) is 30.3 Å². The van der Waals surface area contributed by atoms with Gasteiger partial charge in [-0.2, -0.15) is 0 Å². The van der Waals surface area contributed by atoms with E-state index in [0.717, 1.165) is 31.4 Å². The Labute approximate surface area is 101 Å². The Morgan fingerprint density at radius 3 is 2.88 bits per heavy atom. The fourth-order valence-corrected chi connectivity index (χ4v) is 1.91. The van der Waals surface area contributed by atoms with Crippen LogP contribution >= 0.6 is 0 Å². The predicted molar refractivity (Wildman–Crippen MR) is 65.0 cm³/mol. The highest BCUT2D eigenvalue weighted by molar-refractivity contribution is 5.80. The van der Waals surface area contributed by atoms with Gasteiger partial charge in [-0.3, -0.25) is 9.63 Å². The monoisotopic (exact) mass is 234 g/mol. The van der Waals surface area contributed by atoms with Gasteiger partial charge in [0.25, 0.3) is 5.91 Å². The van der Waals surface area contributed by atoms with E-state index in [-0.39, 0.29) is 11.9 Å². The zero-order valence-corrected chi connectivity index (χ0v) is 9.82. The van der Waals surface area contributed by atoms with Gasteiger partial charge in [0.05, 0.1) is 12.6 Å². The Hall–Kier alpha value is -1.39. The van der Waals surface area contributed by atoms with Crippen molar-refractivity contribution in [1.29, 1.82) is 0 Å². The molecule has 0 bridgehead atoms. The largest absolute Gasteiger partial charge is 0.306 e. The molecule has 4 heteroatoms. The topological polar surface area (TPSA) is 50.4 Å². The lowest BCUT2D eigenvalue weighted by atomic mass is 10.1. The van der Waals surface area contributed by atoms with E-state index in [9.17, 15) is 4.79 Å². The second kappa shape index (κ2) is 6.37. The first-order valence-corrected chi connectivity index (χ1v) is 6.05. The molecule has 1 aromatic rings. The molecule has 0 radical (unpaired) electrons. The molecule has 1 heterocycles. The number of piperidine rings is 1. The number of carbonyl (C=O) groups excluding carboxylic acids is 1. The summed E-state index contributed by atoms with van der Waals surface area (Å²) in [5.41, 5.74) is 3.55. The highest BCUT2D eigenvalue weighted by Crippen LogP contribution is 2.07. The Morgan fingerprint density at radius 1 is 1.35 bits per heavy atom. The number of benzene rings is 1. The van der Waals surface area contributed by atoms with Crippen LogP contribution in [0.4, 0.5) is 0 Å². The van der Waals surface area contributed by atoms with Crippen LogP contribution in [0.3, 0.4) is 0 Å². The standard InChI is InChI=1S/C13H18N2O2/c16-13(12-8-4-5-9-14-12)15-17-10-11-6-2-1-3-7-11/h1-3,6-7,12,14H,4-5,8-10H2,(H,15,16)/t12-/m0/s1. The maximum Gasteiger partial charge on any atom is 0.260 e. The summed E-state index contributed by atoms with van der Waals surface area (Å²) in [6, 6.07) is 9.68. The van der Waals surface area contributed by atoms with Gasteiger partial charge in [0, 0.05) is 0 Å². The van der Waals surface area contributed by atoms with Gasteiger partial charge in [0.15, 0.2) is 0 Å². The van der Waals surface area contributed by atoms with Crippen LogP contribution in [0, 0.1) is 0 Å². The molecule has 1 atom stereocenters. The highest BCUT2D eigenvalue weighted by Gasteiger charge is 2.20. The van der Waals surface area contributed by atoms with Crippen LogP contribution < -0.4 is 10.8 Å². The number of rotatable bonds is 4. The van der Waals surface area contributed by atoms with Gasteiger partial charge in [0.2, 0.25) is 0 Å². The van der Waals surface area contributed by atoms with E-state index in [1.807, 2.05) is 30.3 Å². The van der Waals surface area contributed by atoms with Gasteiger partial charge < -0.3 is 5.32 Å². The minimum atomic E-state index is -0.0977. The maximum atomic E-state index is 11.7. The smallest absolute Gasteiger partial charge is 0.260 e. The maximum absolute atomic E-state index is 11.7. The summed E-state index contributed by atoms with van der Waals surface area (Å²) in [6.45, 7) is 1.32. The lowest BCUT2D eigenvalue weighted by Crippen LogP contribution is -2.46. The van der Waals surface area contributed by atoms with Crippen molar-refractivity contribution in [3.63, 3.8) is 0 Å². The van der Waals surface area contributed by atoms with E-state index in [0.29, 0.717) is 6.61 Å². The number of hydroxylamine groups is 1. The first-order chi connectivity index (χ1) is 8.36. The van der Waals surface area contributed by atoms with Crippen LogP contribution in [0.5, 0.6) is 0 Å². The first-order valence-electron chi connectivity index (χ1n) is 6.05. The molecule has 4 nitrogen and oxygen atoms in total. The van der Waals surface area contributed by atoms with Crippen LogP contribution in [0.25, 0.3) is 0 Å². The van der Waals surface area contributed by atoms with Gasteiger partial charge in [0.1, 0.15) is 0 Å². The van der Waals surface area contributed by atoms with Gasteiger partial charge in [-0.15, -0.1) is 0 Å². The molecule has 2 N–H and O–H groups in total. The van der Waals surface area contributed by atoms with Crippen molar-refractivity contribution in [2.45, 2.75) is 31.9 Å². The van der Waals surface area contributed by atoms with Crippen molar-refractivity contribution in [2.24, 2.45) is 0 Å². The Bertz CT molecular complexity index is 348. The molecule has 1 aliphatic rings. The van der Waals surface area contributed by atoms with E-state index >= 15 is 0 Å². The summed E-state index contributed by atoms with van der Waals surface area (Å²) in [5, 5.41) is 3.18. The molecule has 17 heavy (non-hydrogen) atoms. The van der Waals surface area contributed by atoms with E-state index in [2.05, 4.69) is 10.8 Å². The molecule has 0 aliphatic carbocycles. The number of amides is 1. The minimum absolute atomic E-state index is 0.0689. The summed E-state index contributed by atoms with van der Waals surface area (Å²) in [7, 11) is 0. The SMILES string of the molecule is O=C(NOCc1ccccc1)[C@@H]1CCCCN1. The van der Waals surface area contributed by atoms with Gasteiger partial charge in [-0.05, 0) is 24.9 Å². The fourth-order valence-electron chi connectivity index (χ4n) is 1.91. The molecule has 0 spiro atoms. The Kier molecular flexibility index (Phi) is 4.53. The molecule has 0 unspecified atom stereocenters. The van der Waals surface area contributed by atoms with Crippen LogP contribution in [-0.4, -0.2) is 18.5 Å². The van der Waals surface area contributed by atoms with Gasteiger partial charge in [-0.25, -0.2) is 5.48 Å². The molecule has 1 aliphatic heterocycles. The molecule has 92 valence electrons. The lowest BCUT2D eigenvalue weighted by Gasteiger charge is -2.22. The van der Waals surface area contributed by atoms with Crippen molar-refractivity contribution in [2.75, 3.05) is 6.54 Å². The molecule has 1 amide bonds. The number of carbonyl (C=O) groups is 1. The fraction of sp³-hybridized carbons (Fsp3) is 0.462. The van der Waals surface area contributed by atoms with E-state index in [1.165, 1.54) is 0 Å². The molecule has 1 aromatic carbocycles. The summed E-state index contributed by atoms with van der Waals surface area (Å²) in [6.07, 6.45) is 3.14. The molecule has 0 aromatic heterocycles. The van der Waals surface area contributed by atoms with Crippen molar-refractivity contribution in [1.82, 2.24) is 10.8 Å². The van der Waals surface area contributed by atoms with Gasteiger partial charge in [-0.1, -0.05) is 36.8 Å². The summed E-state index contributed by atoms with van der Waals surface area (Å²) in [4.78, 5) is 16.9. The molecule has 1 fully saturated rings. The summed E-state index contributed by atoms with van der Waals surface area (Å²) in [5.74, 6) is -0.0689. The summed E-state index contributed by atoms with van der Waals surface area (Å²) >= 11 is 0. The van der Waals surface area contributed by atoms with Crippen molar-refractivity contribution in [3.05, 3.63) is 35.9 Å². The minimum Gasteiger partial charge on any atom is -0.306 e. The quantitative estimate of drug-likeness (QED) is 0.774. The van der Waals surface area contributed by atoms with E-state index < -0.39 is 0 Å². The summed E-state index contributed by atoms with van der Waals surface area (Å²) < 4.78 is 0. The van der Waals surface area contributed by atoms with Crippen LogP contribution in [-0.2, 0) is 16.2 Å². The zero-order valence-electron chi connectivity index (χ0n) is 9.82. The first kappa shape index (κ1) is 12.1. The third-order valence-corrected chi connectivity index (χ3v) is 2.88. The van der Waals surface area contributed by atoms with E-state index in [1.54, 1.807) is 0 Å². The van der Waals surface area contributed by atoms with Crippen molar-refractivity contribution < 1.29 is 9.63 Å². The van der Waals surface area contributed by atoms with E-state index in [4.69, 9.17) is 4.84 Å². The van der Waals surface area contributed by atoms with Crippen molar-refractivity contribution in [3.8, 4) is 0 Å². The average molecular weight is 234 g/mol. The van der Waals surface area contributed by atoms with Crippen LogP contribution in [0.2, 0.25) is 0 Å². The second-order valence-electron chi connectivity index (χ2n) is 4.24. The van der Waals surface area contributed by atoms with Crippen LogP contribution in [0.1, 0.15) is 24.8 Å². The lowest BCUT2D eigenvalue weighted by molar-refractivity contribution is -0.137. The molecule has 2 rings (SSSR count). The zero-order chi connectivity index (χ0) is 11.9. The molecule has 1 saturated heterocycles. The molecular weight excluding hydrogens is 216 g/mol. The number of nitrogens with one attached hydrogen (secondary N) is 2. The highest BCUT2D eigenvalue weighted by atomic mass is 16.6. The molecular formula is C13H18N2O2. The predicted octanol–water partition coefficient (Wildman–Crippen LogP) is 1.38. The Balaban J connectivity index is 1.69.